The maximum atomic E-state index is 11.8. The highest BCUT2D eigenvalue weighted by atomic mass is 16.1. The largest absolute Gasteiger partial charge is 0.302 e. The summed E-state index contributed by atoms with van der Waals surface area (Å²) in [6, 6.07) is 10.0. The zero-order chi connectivity index (χ0) is 13.3. The van der Waals surface area contributed by atoms with Crippen molar-refractivity contribution in [3.05, 3.63) is 35.9 Å². The average Bonchev–Trinajstić information content (AvgIpc) is 2.38. The summed E-state index contributed by atoms with van der Waals surface area (Å²) in [5, 5.41) is 3.30. The van der Waals surface area contributed by atoms with E-state index in [0.717, 1.165) is 5.56 Å². The summed E-state index contributed by atoms with van der Waals surface area (Å²) in [6.07, 6.45) is 0.569. The second kappa shape index (κ2) is 8.94. The maximum Gasteiger partial charge on any atom is 0.154 e. The van der Waals surface area contributed by atoms with Gasteiger partial charge < -0.3 is 5.32 Å². The van der Waals surface area contributed by atoms with Gasteiger partial charge in [-0.3, -0.25) is 4.79 Å². The number of benzene rings is 1. The lowest BCUT2D eigenvalue weighted by Crippen LogP contribution is -2.33. The van der Waals surface area contributed by atoms with Crippen molar-refractivity contribution in [2.45, 2.75) is 53.1 Å². The molecule has 0 saturated heterocycles. The highest BCUT2D eigenvalue weighted by Crippen LogP contribution is 2.15. The van der Waals surface area contributed by atoms with Gasteiger partial charge in [0.1, 0.15) is 0 Å². The first-order valence-corrected chi connectivity index (χ1v) is 6.48. The predicted octanol–water partition coefficient (Wildman–Crippen LogP) is 3.73. The van der Waals surface area contributed by atoms with E-state index in [9.17, 15) is 4.79 Å². The van der Waals surface area contributed by atoms with Gasteiger partial charge in [-0.1, -0.05) is 51.1 Å². The van der Waals surface area contributed by atoms with Crippen LogP contribution in [0.3, 0.4) is 0 Å². The molecule has 96 valence electrons. The average molecular weight is 235 g/mol. The molecular weight excluding hydrogens is 210 g/mol. The summed E-state index contributed by atoms with van der Waals surface area (Å²) < 4.78 is 0. The van der Waals surface area contributed by atoms with E-state index in [1.54, 1.807) is 0 Å². The lowest BCUT2D eigenvalue weighted by atomic mass is 10.0. The molecule has 1 aromatic carbocycles. The third-order valence-electron chi connectivity index (χ3n) is 2.30. The van der Waals surface area contributed by atoms with Crippen LogP contribution in [0.25, 0.3) is 0 Å². The molecule has 1 rings (SSSR count). The normalized spacial score (nSPS) is 11.6. The van der Waals surface area contributed by atoms with Crippen LogP contribution < -0.4 is 5.32 Å². The van der Waals surface area contributed by atoms with E-state index < -0.39 is 0 Å². The molecule has 2 heteroatoms. The Balaban J connectivity index is 0.00000121. The van der Waals surface area contributed by atoms with Crippen molar-refractivity contribution in [3.63, 3.8) is 0 Å². The first-order chi connectivity index (χ1) is 8.15. The first kappa shape index (κ1) is 15.9. The van der Waals surface area contributed by atoms with Gasteiger partial charge >= 0.3 is 0 Å². The molecule has 0 bridgehead atoms. The van der Waals surface area contributed by atoms with Crippen molar-refractivity contribution in [2.75, 3.05) is 0 Å². The van der Waals surface area contributed by atoms with Gasteiger partial charge in [0.2, 0.25) is 0 Å². The number of carbonyl (C=O) groups excluding carboxylic acids is 1. The van der Waals surface area contributed by atoms with Gasteiger partial charge in [0.15, 0.2) is 5.78 Å². The minimum Gasteiger partial charge on any atom is -0.302 e. The summed E-state index contributed by atoms with van der Waals surface area (Å²) in [5.74, 6) is 0.245. The number of carbonyl (C=O) groups is 1. The van der Waals surface area contributed by atoms with Crippen molar-refractivity contribution in [1.29, 1.82) is 0 Å². The van der Waals surface area contributed by atoms with Gasteiger partial charge in [0.25, 0.3) is 0 Å². The molecule has 1 aromatic rings. The second-order valence-electron chi connectivity index (χ2n) is 3.98. The van der Waals surface area contributed by atoms with E-state index in [0.29, 0.717) is 12.5 Å². The summed E-state index contributed by atoms with van der Waals surface area (Å²) >= 11 is 0. The first-order valence-electron chi connectivity index (χ1n) is 6.48. The zero-order valence-corrected chi connectivity index (χ0v) is 11.7. The Morgan fingerprint density at radius 2 is 1.71 bits per heavy atom. The third-order valence-corrected chi connectivity index (χ3v) is 2.30. The number of rotatable bonds is 5. The van der Waals surface area contributed by atoms with Gasteiger partial charge in [-0.15, -0.1) is 0 Å². The molecule has 1 unspecified atom stereocenters. The highest BCUT2D eigenvalue weighted by molar-refractivity contribution is 5.85. The van der Waals surface area contributed by atoms with Crippen molar-refractivity contribution in [2.24, 2.45) is 0 Å². The number of ketones is 1. The second-order valence-corrected chi connectivity index (χ2v) is 3.98. The molecule has 2 nitrogen and oxygen atoms in total. The van der Waals surface area contributed by atoms with E-state index in [4.69, 9.17) is 0 Å². The maximum absolute atomic E-state index is 11.8. The Morgan fingerprint density at radius 1 is 1.18 bits per heavy atom. The SMILES string of the molecule is CC.CCC(=O)C(NC(C)C)c1ccccc1. The summed E-state index contributed by atoms with van der Waals surface area (Å²) in [6.45, 7) is 10.0. The van der Waals surface area contributed by atoms with Crippen LogP contribution in [0.5, 0.6) is 0 Å². The number of hydrogen-bond donors (Lipinski definition) is 1. The van der Waals surface area contributed by atoms with Crippen LogP contribution >= 0.6 is 0 Å². The summed E-state index contributed by atoms with van der Waals surface area (Å²) in [7, 11) is 0. The molecule has 1 atom stereocenters. The van der Waals surface area contributed by atoms with E-state index in [-0.39, 0.29) is 11.8 Å². The number of Topliss-reactive ketones (excluding diaryl/α,β-unsaturated/α-hetero) is 1. The summed E-state index contributed by atoms with van der Waals surface area (Å²) in [4.78, 5) is 11.8. The summed E-state index contributed by atoms with van der Waals surface area (Å²) in [5.41, 5.74) is 1.05. The molecule has 0 heterocycles. The lowest BCUT2D eigenvalue weighted by Gasteiger charge is -2.19. The van der Waals surface area contributed by atoms with Gasteiger partial charge in [-0.2, -0.15) is 0 Å². The van der Waals surface area contributed by atoms with Crippen LogP contribution in [0, 0.1) is 0 Å². The van der Waals surface area contributed by atoms with Crippen LogP contribution in [-0.4, -0.2) is 11.8 Å². The molecule has 1 N–H and O–H groups in total. The Bertz CT molecular complexity index is 306. The van der Waals surface area contributed by atoms with Crippen LogP contribution in [0.1, 0.15) is 52.6 Å². The van der Waals surface area contributed by atoms with Crippen LogP contribution in [0.2, 0.25) is 0 Å². The quantitative estimate of drug-likeness (QED) is 0.842. The van der Waals surface area contributed by atoms with Crippen molar-refractivity contribution in [1.82, 2.24) is 5.32 Å². The van der Waals surface area contributed by atoms with E-state index in [2.05, 4.69) is 19.2 Å². The standard InChI is InChI=1S/C13H19NO.C2H6/c1-4-12(15)13(14-10(2)3)11-8-6-5-7-9-11;1-2/h5-10,13-14H,4H2,1-3H3;1-2H3. The molecule has 17 heavy (non-hydrogen) atoms. The monoisotopic (exact) mass is 235 g/mol. The van der Waals surface area contributed by atoms with Gasteiger partial charge in [-0.05, 0) is 19.4 Å². The minimum atomic E-state index is -0.156. The topological polar surface area (TPSA) is 29.1 Å². The molecule has 0 saturated carbocycles. The van der Waals surface area contributed by atoms with Crippen LogP contribution in [0.4, 0.5) is 0 Å². The van der Waals surface area contributed by atoms with Crippen molar-refractivity contribution < 1.29 is 4.79 Å². The Labute approximate surface area is 105 Å². The van der Waals surface area contributed by atoms with Gasteiger partial charge in [0.05, 0.1) is 6.04 Å². The third kappa shape index (κ3) is 5.64. The smallest absolute Gasteiger partial charge is 0.154 e. The molecule has 0 amide bonds. The van der Waals surface area contributed by atoms with E-state index in [1.165, 1.54) is 0 Å². The van der Waals surface area contributed by atoms with E-state index >= 15 is 0 Å². The highest BCUT2D eigenvalue weighted by Gasteiger charge is 2.18. The van der Waals surface area contributed by atoms with Crippen molar-refractivity contribution in [3.8, 4) is 0 Å². The van der Waals surface area contributed by atoms with Gasteiger partial charge in [0, 0.05) is 12.5 Å². The van der Waals surface area contributed by atoms with Gasteiger partial charge in [-0.25, -0.2) is 0 Å². The van der Waals surface area contributed by atoms with Crippen LogP contribution in [-0.2, 0) is 4.79 Å². The Kier molecular flexibility index (Phi) is 8.34. The van der Waals surface area contributed by atoms with Crippen molar-refractivity contribution >= 4 is 5.78 Å². The number of hydrogen-bond acceptors (Lipinski definition) is 2. The fraction of sp³-hybridized carbons (Fsp3) is 0.533. The molecule has 0 radical (unpaired) electrons. The molecule has 0 spiro atoms. The zero-order valence-electron chi connectivity index (χ0n) is 11.7. The fourth-order valence-corrected chi connectivity index (χ4v) is 1.56. The lowest BCUT2D eigenvalue weighted by molar-refractivity contribution is -0.121. The molecule has 0 fully saturated rings. The Morgan fingerprint density at radius 3 is 2.12 bits per heavy atom. The van der Waals surface area contributed by atoms with E-state index in [1.807, 2.05) is 51.1 Å². The van der Waals surface area contributed by atoms with Crippen LogP contribution in [0.15, 0.2) is 30.3 Å². The molecule has 0 aliphatic rings. The molecule has 0 aliphatic carbocycles. The molecular formula is C15H25NO. The molecule has 0 aliphatic heterocycles. The predicted molar refractivity (Wildman–Crippen MR) is 74.1 cm³/mol. The Hall–Kier alpha value is -1.15. The minimum absolute atomic E-state index is 0.156. The fourth-order valence-electron chi connectivity index (χ4n) is 1.56. The number of nitrogens with one attached hydrogen (secondary N) is 1. The molecule has 0 aromatic heterocycles.